The number of carbonyl (C=O) groups excluding carboxylic acids is 1. The molecule has 7 aromatic rings. The standard InChI is InChI=1S/C23H10F5NO5.C17H11NO5/c24-17-18(25)20(27)22(21(28)19(17)26)34-23(31)12-7-16(30)29-13-3-1-9(5-11(12)13)10-2-4-14-15(6-10)33-8-32-14;19-16-7-12(17(20)21)11-5-9(1-3-13(11)18-16)10-2-4-14-15(6-10)23-8-22-14/h1-7H,8H2,(H,29,30);1-7H,8H2,(H,18,19)(H,20,21). The zero-order chi connectivity index (χ0) is 40.1. The van der Waals surface area contributed by atoms with Crippen molar-refractivity contribution >= 4 is 33.7 Å². The van der Waals surface area contributed by atoms with Gasteiger partial charge in [-0.2, -0.15) is 8.78 Å². The van der Waals surface area contributed by atoms with Crippen LogP contribution in [0.15, 0.2) is 94.5 Å². The fraction of sp³-hybridized carbons (Fsp3) is 0.0500. The van der Waals surface area contributed by atoms with Crippen molar-refractivity contribution in [1.82, 2.24) is 9.97 Å². The zero-order valence-electron chi connectivity index (χ0n) is 28.5. The molecule has 0 unspecified atom stereocenters. The monoisotopic (exact) mass is 784 g/mol. The summed E-state index contributed by atoms with van der Waals surface area (Å²) < 4.78 is 94.0. The van der Waals surface area contributed by atoms with E-state index in [1.807, 2.05) is 24.3 Å². The normalized spacial score (nSPS) is 12.4. The summed E-state index contributed by atoms with van der Waals surface area (Å²) in [7, 11) is 0. The molecular weight excluding hydrogens is 763 g/mol. The van der Waals surface area contributed by atoms with Crippen LogP contribution in [0.3, 0.4) is 0 Å². The quantitative estimate of drug-likeness (QED) is 0.0524. The van der Waals surface area contributed by atoms with Gasteiger partial charge in [0.05, 0.1) is 11.1 Å². The first-order valence-corrected chi connectivity index (χ1v) is 16.5. The molecule has 4 heterocycles. The third-order valence-electron chi connectivity index (χ3n) is 8.91. The number of benzene rings is 5. The predicted octanol–water partition coefficient (Wildman–Crippen LogP) is 7.46. The Kier molecular flexibility index (Phi) is 9.03. The van der Waals surface area contributed by atoms with E-state index in [1.165, 1.54) is 12.1 Å². The zero-order valence-corrected chi connectivity index (χ0v) is 28.5. The SMILES string of the molecule is O=C(O)c1cc(=O)[nH]c2ccc(-c3ccc4c(c3)OCO4)cc12.O=C(Oc1c(F)c(F)c(F)c(F)c1F)c1cc(=O)[nH]c2ccc(-c3ccc4c(c3)OCO4)cc12. The van der Waals surface area contributed by atoms with Crippen molar-refractivity contribution in [1.29, 1.82) is 0 Å². The number of carbonyl (C=O) groups is 2. The second-order valence-corrected chi connectivity index (χ2v) is 12.3. The van der Waals surface area contributed by atoms with Gasteiger partial charge in [-0.1, -0.05) is 24.3 Å². The average Bonchev–Trinajstić information content (AvgIpc) is 3.89. The van der Waals surface area contributed by atoms with Crippen molar-refractivity contribution in [2.24, 2.45) is 0 Å². The van der Waals surface area contributed by atoms with Gasteiger partial charge in [0.2, 0.25) is 59.5 Å². The van der Waals surface area contributed by atoms with Crippen LogP contribution in [0, 0.1) is 29.1 Å². The second kappa shape index (κ2) is 14.2. The van der Waals surface area contributed by atoms with E-state index in [0.717, 1.165) is 23.3 Å². The fourth-order valence-corrected chi connectivity index (χ4v) is 6.19. The number of aromatic carboxylic acids is 1. The summed E-state index contributed by atoms with van der Waals surface area (Å²) in [6.07, 6.45) is 0. The molecule has 0 bridgehead atoms. The molecule has 0 radical (unpaired) electrons. The van der Waals surface area contributed by atoms with E-state index in [-0.39, 0.29) is 30.1 Å². The van der Waals surface area contributed by atoms with Crippen molar-refractivity contribution < 1.29 is 60.3 Å². The molecule has 0 saturated heterocycles. The van der Waals surface area contributed by atoms with Crippen LogP contribution in [0.1, 0.15) is 20.7 Å². The fourth-order valence-electron chi connectivity index (χ4n) is 6.19. The molecule has 9 rings (SSSR count). The van der Waals surface area contributed by atoms with Crippen LogP contribution >= 0.6 is 0 Å². The molecule has 0 atom stereocenters. The van der Waals surface area contributed by atoms with Crippen LogP contribution in [-0.2, 0) is 0 Å². The molecular formula is C40H21F5N2O10. The van der Waals surface area contributed by atoms with Gasteiger partial charge in [0.15, 0.2) is 23.0 Å². The third kappa shape index (κ3) is 6.70. The summed E-state index contributed by atoms with van der Waals surface area (Å²) in [6, 6.07) is 22.3. The largest absolute Gasteiger partial charge is 0.478 e. The lowest BCUT2D eigenvalue weighted by atomic mass is 10.0. The maximum Gasteiger partial charge on any atom is 0.344 e. The van der Waals surface area contributed by atoms with Crippen molar-refractivity contribution in [3.8, 4) is 51.0 Å². The van der Waals surface area contributed by atoms with E-state index in [4.69, 9.17) is 18.9 Å². The van der Waals surface area contributed by atoms with E-state index >= 15 is 0 Å². The molecule has 5 aromatic carbocycles. The molecule has 0 amide bonds. The summed E-state index contributed by atoms with van der Waals surface area (Å²) in [4.78, 5) is 52.8. The number of hydrogen-bond acceptors (Lipinski definition) is 9. The van der Waals surface area contributed by atoms with Gasteiger partial charge in [-0.05, 0) is 70.8 Å². The highest BCUT2D eigenvalue weighted by Crippen LogP contribution is 2.38. The Morgan fingerprint density at radius 3 is 1.42 bits per heavy atom. The van der Waals surface area contributed by atoms with Gasteiger partial charge in [0.25, 0.3) is 0 Å². The lowest BCUT2D eigenvalue weighted by Crippen LogP contribution is -2.17. The Bertz CT molecular complexity index is 2940. The van der Waals surface area contributed by atoms with E-state index in [9.17, 15) is 46.2 Å². The van der Waals surface area contributed by atoms with Crippen LogP contribution < -0.4 is 34.8 Å². The third-order valence-corrected chi connectivity index (χ3v) is 8.91. The predicted molar refractivity (Wildman–Crippen MR) is 190 cm³/mol. The first-order chi connectivity index (χ1) is 27.4. The summed E-state index contributed by atoms with van der Waals surface area (Å²) in [5, 5.41) is 9.89. The number of H-pyrrole nitrogens is 2. The molecule has 0 saturated carbocycles. The van der Waals surface area contributed by atoms with E-state index in [0.29, 0.717) is 45.0 Å². The van der Waals surface area contributed by atoms with Crippen molar-refractivity contribution in [2.45, 2.75) is 0 Å². The smallest absolute Gasteiger partial charge is 0.344 e. The van der Waals surface area contributed by atoms with Gasteiger partial charge in [-0.3, -0.25) is 9.59 Å². The number of halogens is 5. The lowest BCUT2D eigenvalue weighted by Gasteiger charge is -2.11. The second-order valence-electron chi connectivity index (χ2n) is 12.3. The molecule has 0 fully saturated rings. The van der Waals surface area contributed by atoms with Crippen LogP contribution in [-0.4, -0.2) is 40.6 Å². The highest BCUT2D eigenvalue weighted by atomic mass is 19.2. The van der Waals surface area contributed by atoms with Crippen LogP contribution in [0.4, 0.5) is 22.0 Å². The van der Waals surface area contributed by atoms with Crippen LogP contribution in [0.2, 0.25) is 0 Å². The van der Waals surface area contributed by atoms with Gasteiger partial charge in [0, 0.05) is 33.9 Å². The number of aromatic nitrogens is 2. The summed E-state index contributed by atoms with van der Waals surface area (Å²) in [6.45, 7) is 0.256. The van der Waals surface area contributed by atoms with Crippen molar-refractivity contribution in [3.63, 3.8) is 0 Å². The Labute approximate surface area is 314 Å². The highest BCUT2D eigenvalue weighted by molar-refractivity contribution is 6.05. The number of fused-ring (bicyclic) bond motifs is 4. The van der Waals surface area contributed by atoms with Gasteiger partial charge < -0.3 is 38.8 Å². The Morgan fingerprint density at radius 1 is 0.526 bits per heavy atom. The number of esters is 1. The Morgan fingerprint density at radius 2 is 0.930 bits per heavy atom. The number of pyridine rings is 2. The number of carboxylic acid groups (broad SMARTS) is 1. The topological polar surface area (TPSA) is 166 Å². The van der Waals surface area contributed by atoms with Gasteiger partial charge in [0.1, 0.15) is 0 Å². The van der Waals surface area contributed by atoms with Crippen LogP contribution in [0.25, 0.3) is 44.1 Å². The minimum Gasteiger partial charge on any atom is -0.478 e. The molecule has 286 valence electrons. The molecule has 12 nitrogen and oxygen atoms in total. The lowest BCUT2D eigenvalue weighted by molar-refractivity contribution is 0.0694. The Balaban J connectivity index is 0.000000172. The number of hydrogen-bond donors (Lipinski definition) is 3. The number of carboxylic acids is 1. The van der Waals surface area contributed by atoms with E-state index in [1.54, 1.807) is 36.4 Å². The maximum atomic E-state index is 14.0. The number of nitrogens with one attached hydrogen (secondary N) is 2. The highest BCUT2D eigenvalue weighted by Gasteiger charge is 2.29. The summed E-state index contributed by atoms with van der Waals surface area (Å²) in [5.41, 5.74) is 1.89. The number of ether oxygens (including phenoxy) is 5. The number of rotatable bonds is 5. The van der Waals surface area contributed by atoms with E-state index < -0.39 is 63.5 Å². The van der Waals surface area contributed by atoms with Crippen molar-refractivity contribution in [2.75, 3.05) is 13.6 Å². The summed E-state index contributed by atoms with van der Waals surface area (Å²) >= 11 is 0. The van der Waals surface area contributed by atoms with E-state index in [2.05, 4.69) is 14.7 Å². The summed E-state index contributed by atoms with van der Waals surface area (Å²) in [5.74, 6) is -13.6. The molecule has 2 aliphatic heterocycles. The first kappa shape index (κ1) is 36.3. The Hall–Kier alpha value is -7.69. The number of aromatic amines is 2. The van der Waals surface area contributed by atoms with Gasteiger partial charge in [-0.15, -0.1) is 0 Å². The molecule has 0 aliphatic carbocycles. The average molecular weight is 785 g/mol. The molecule has 3 N–H and O–H groups in total. The molecule has 57 heavy (non-hydrogen) atoms. The molecule has 0 spiro atoms. The van der Waals surface area contributed by atoms with Crippen LogP contribution in [0.5, 0.6) is 28.7 Å². The first-order valence-electron chi connectivity index (χ1n) is 16.5. The minimum atomic E-state index is -2.40. The van der Waals surface area contributed by atoms with Gasteiger partial charge in [-0.25, -0.2) is 22.8 Å². The molecule has 2 aromatic heterocycles. The molecule has 17 heteroatoms. The van der Waals surface area contributed by atoms with Gasteiger partial charge >= 0.3 is 11.9 Å². The maximum absolute atomic E-state index is 14.0. The van der Waals surface area contributed by atoms with Crippen molar-refractivity contribution in [3.05, 3.63) is 146 Å². The molecule has 2 aliphatic rings. The minimum absolute atomic E-state index is 0.0219.